The van der Waals surface area contributed by atoms with E-state index in [1.807, 2.05) is 0 Å². The number of rotatable bonds is 2. The third-order valence-electron chi connectivity index (χ3n) is 2.37. The summed E-state index contributed by atoms with van der Waals surface area (Å²) in [5.41, 5.74) is 0.430. The molecular formula is C10H12N2O2. The zero-order valence-electron chi connectivity index (χ0n) is 7.85. The summed E-state index contributed by atoms with van der Waals surface area (Å²) in [5.74, 6) is -0.308. The van der Waals surface area contributed by atoms with Crippen molar-refractivity contribution in [1.82, 2.24) is 9.97 Å². The Morgan fingerprint density at radius 1 is 1.29 bits per heavy atom. The van der Waals surface area contributed by atoms with Gasteiger partial charge in [-0.05, 0) is 25.7 Å². The van der Waals surface area contributed by atoms with Gasteiger partial charge < -0.3 is 4.74 Å². The number of esters is 1. The van der Waals surface area contributed by atoms with Gasteiger partial charge in [-0.1, -0.05) is 0 Å². The molecule has 0 aromatic carbocycles. The first kappa shape index (κ1) is 9.12. The number of carbonyl (C=O) groups excluding carboxylic acids is 1. The minimum atomic E-state index is -0.308. The van der Waals surface area contributed by atoms with Gasteiger partial charge in [0.05, 0.1) is 5.56 Å². The monoisotopic (exact) mass is 192 g/mol. The molecule has 74 valence electrons. The van der Waals surface area contributed by atoms with Crippen LogP contribution in [0.25, 0.3) is 0 Å². The zero-order valence-corrected chi connectivity index (χ0v) is 7.85. The summed E-state index contributed by atoms with van der Waals surface area (Å²) >= 11 is 0. The molecule has 0 atom stereocenters. The van der Waals surface area contributed by atoms with E-state index in [0.29, 0.717) is 5.56 Å². The highest BCUT2D eigenvalue weighted by Gasteiger charge is 2.20. The molecule has 4 nitrogen and oxygen atoms in total. The Labute approximate surface area is 82.3 Å². The lowest BCUT2D eigenvalue weighted by atomic mass is 10.3. The minimum Gasteiger partial charge on any atom is -0.459 e. The smallest absolute Gasteiger partial charge is 0.341 e. The van der Waals surface area contributed by atoms with Crippen LogP contribution in [0.5, 0.6) is 0 Å². The van der Waals surface area contributed by atoms with E-state index in [2.05, 4.69) is 9.97 Å². The van der Waals surface area contributed by atoms with Crippen molar-refractivity contribution in [2.75, 3.05) is 0 Å². The lowest BCUT2D eigenvalue weighted by Gasteiger charge is -2.10. The zero-order chi connectivity index (χ0) is 9.80. The maximum atomic E-state index is 11.5. The number of aromatic nitrogens is 2. The maximum Gasteiger partial charge on any atom is 0.341 e. The first-order chi connectivity index (χ1) is 6.86. The molecule has 0 spiro atoms. The molecule has 1 saturated carbocycles. The number of carbonyl (C=O) groups is 1. The van der Waals surface area contributed by atoms with E-state index >= 15 is 0 Å². The molecular weight excluding hydrogens is 180 g/mol. The van der Waals surface area contributed by atoms with Crippen LogP contribution >= 0.6 is 0 Å². The van der Waals surface area contributed by atoms with Crippen LogP contribution in [0.15, 0.2) is 18.7 Å². The molecule has 1 aliphatic rings. The molecule has 0 unspecified atom stereocenters. The van der Waals surface area contributed by atoms with Gasteiger partial charge in [0.1, 0.15) is 12.4 Å². The second-order valence-electron chi connectivity index (χ2n) is 3.44. The number of ether oxygens (including phenoxy) is 1. The third-order valence-corrected chi connectivity index (χ3v) is 2.37. The molecule has 1 aliphatic carbocycles. The van der Waals surface area contributed by atoms with Crippen molar-refractivity contribution >= 4 is 5.97 Å². The lowest BCUT2D eigenvalue weighted by molar-refractivity contribution is 0.0317. The number of hydrogen-bond acceptors (Lipinski definition) is 4. The lowest BCUT2D eigenvalue weighted by Crippen LogP contribution is -2.15. The van der Waals surface area contributed by atoms with Crippen molar-refractivity contribution < 1.29 is 9.53 Å². The van der Waals surface area contributed by atoms with E-state index in [0.717, 1.165) is 25.7 Å². The highest BCUT2D eigenvalue weighted by atomic mass is 16.5. The van der Waals surface area contributed by atoms with Crippen LogP contribution in [0.4, 0.5) is 0 Å². The highest BCUT2D eigenvalue weighted by Crippen LogP contribution is 2.21. The molecule has 1 fully saturated rings. The predicted octanol–water partition coefficient (Wildman–Crippen LogP) is 1.58. The molecule has 0 amide bonds. The van der Waals surface area contributed by atoms with E-state index < -0.39 is 0 Å². The topological polar surface area (TPSA) is 52.1 Å². The van der Waals surface area contributed by atoms with Crippen LogP contribution in [0.2, 0.25) is 0 Å². The summed E-state index contributed by atoms with van der Waals surface area (Å²) in [4.78, 5) is 19.0. The summed E-state index contributed by atoms with van der Waals surface area (Å²) < 4.78 is 5.28. The molecule has 0 aliphatic heterocycles. The van der Waals surface area contributed by atoms with Crippen LogP contribution in [0.3, 0.4) is 0 Å². The van der Waals surface area contributed by atoms with Crippen LogP contribution < -0.4 is 0 Å². The summed E-state index contributed by atoms with van der Waals surface area (Å²) in [5, 5.41) is 0. The van der Waals surface area contributed by atoms with Gasteiger partial charge in [0.25, 0.3) is 0 Å². The van der Waals surface area contributed by atoms with Crippen molar-refractivity contribution in [2.45, 2.75) is 31.8 Å². The Morgan fingerprint density at radius 2 is 1.93 bits per heavy atom. The Hall–Kier alpha value is -1.45. The Morgan fingerprint density at radius 3 is 2.57 bits per heavy atom. The molecule has 0 saturated heterocycles. The Balaban J connectivity index is 1.95. The number of nitrogens with zero attached hydrogens (tertiary/aromatic N) is 2. The molecule has 1 heterocycles. The summed E-state index contributed by atoms with van der Waals surface area (Å²) in [6, 6.07) is 0. The van der Waals surface area contributed by atoms with Gasteiger partial charge in [0.15, 0.2) is 0 Å². The molecule has 0 bridgehead atoms. The van der Waals surface area contributed by atoms with Crippen molar-refractivity contribution in [3.05, 3.63) is 24.3 Å². The second kappa shape index (κ2) is 4.17. The molecule has 0 N–H and O–H groups in total. The maximum absolute atomic E-state index is 11.5. The highest BCUT2D eigenvalue weighted by molar-refractivity contribution is 5.88. The molecule has 0 radical (unpaired) electrons. The third kappa shape index (κ3) is 2.07. The molecule has 14 heavy (non-hydrogen) atoms. The van der Waals surface area contributed by atoms with Crippen LogP contribution in [0, 0.1) is 0 Å². The molecule has 1 aromatic heterocycles. The van der Waals surface area contributed by atoms with Crippen LogP contribution in [-0.4, -0.2) is 22.0 Å². The first-order valence-corrected chi connectivity index (χ1v) is 4.82. The molecule has 4 heteroatoms. The van der Waals surface area contributed by atoms with Crippen LogP contribution in [0.1, 0.15) is 36.0 Å². The van der Waals surface area contributed by atoms with Gasteiger partial charge >= 0.3 is 5.97 Å². The first-order valence-electron chi connectivity index (χ1n) is 4.82. The van der Waals surface area contributed by atoms with Crippen LogP contribution in [-0.2, 0) is 4.74 Å². The SMILES string of the molecule is O=C(OC1CCCC1)c1cncnc1. The fraction of sp³-hybridized carbons (Fsp3) is 0.500. The van der Waals surface area contributed by atoms with Crippen molar-refractivity contribution in [3.63, 3.8) is 0 Å². The standard InChI is InChI=1S/C10H12N2O2/c13-10(8-5-11-7-12-6-8)14-9-3-1-2-4-9/h5-7,9H,1-4H2. The number of hydrogen-bond donors (Lipinski definition) is 0. The average Bonchev–Trinajstić information content (AvgIpc) is 2.72. The Kier molecular flexibility index (Phi) is 2.72. The van der Waals surface area contributed by atoms with E-state index in [-0.39, 0.29) is 12.1 Å². The van der Waals surface area contributed by atoms with Crippen molar-refractivity contribution in [1.29, 1.82) is 0 Å². The normalized spacial score (nSPS) is 16.9. The average molecular weight is 192 g/mol. The van der Waals surface area contributed by atoms with Gasteiger partial charge in [-0.2, -0.15) is 0 Å². The fourth-order valence-electron chi connectivity index (χ4n) is 1.63. The molecule has 2 rings (SSSR count). The molecule has 1 aromatic rings. The van der Waals surface area contributed by atoms with E-state index in [1.165, 1.54) is 18.7 Å². The van der Waals surface area contributed by atoms with E-state index in [9.17, 15) is 4.79 Å². The van der Waals surface area contributed by atoms with Crippen molar-refractivity contribution in [3.8, 4) is 0 Å². The van der Waals surface area contributed by atoms with E-state index in [1.54, 1.807) is 0 Å². The summed E-state index contributed by atoms with van der Waals surface area (Å²) in [7, 11) is 0. The van der Waals surface area contributed by atoms with Gasteiger partial charge in [-0.15, -0.1) is 0 Å². The quantitative estimate of drug-likeness (QED) is 0.667. The van der Waals surface area contributed by atoms with Gasteiger partial charge in [-0.25, -0.2) is 14.8 Å². The minimum absolute atomic E-state index is 0.0997. The fourth-order valence-corrected chi connectivity index (χ4v) is 1.63. The summed E-state index contributed by atoms with van der Waals surface area (Å²) in [6.07, 6.45) is 8.73. The largest absolute Gasteiger partial charge is 0.459 e. The van der Waals surface area contributed by atoms with Gasteiger partial charge in [0, 0.05) is 12.4 Å². The van der Waals surface area contributed by atoms with E-state index in [4.69, 9.17) is 4.74 Å². The predicted molar refractivity (Wildman–Crippen MR) is 49.7 cm³/mol. The van der Waals surface area contributed by atoms with Gasteiger partial charge in [0.2, 0.25) is 0 Å². The van der Waals surface area contributed by atoms with Crippen molar-refractivity contribution in [2.24, 2.45) is 0 Å². The Bertz CT molecular complexity index is 307. The second-order valence-corrected chi connectivity index (χ2v) is 3.44. The summed E-state index contributed by atoms with van der Waals surface area (Å²) in [6.45, 7) is 0. The van der Waals surface area contributed by atoms with Gasteiger partial charge in [-0.3, -0.25) is 0 Å².